The predicted octanol–water partition coefficient (Wildman–Crippen LogP) is 2.37. The van der Waals surface area contributed by atoms with Gasteiger partial charge in [-0.15, -0.1) is 0 Å². The lowest BCUT2D eigenvalue weighted by Gasteiger charge is -2.11. The molecule has 7 heteroatoms. The first-order valence-electron chi connectivity index (χ1n) is 7.56. The van der Waals surface area contributed by atoms with Crippen molar-refractivity contribution in [1.29, 1.82) is 0 Å². The van der Waals surface area contributed by atoms with Gasteiger partial charge in [-0.3, -0.25) is 0 Å². The van der Waals surface area contributed by atoms with Gasteiger partial charge in [-0.25, -0.2) is 14.5 Å². The Morgan fingerprint density at radius 1 is 1.48 bits per heavy atom. The van der Waals surface area contributed by atoms with Crippen molar-refractivity contribution in [1.82, 2.24) is 14.8 Å². The van der Waals surface area contributed by atoms with E-state index in [4.69, 9.17) is 4.74 Å². The number of rotatable bonds is 6. The van der Waals surface area contributed by atoms with Crippen LogP contribution in [0.4, 0.5) is 0 Å². The van der Waals surface area contributed by atoms with Crippen LogP contribution in [0.5, 0.6) is 0 Å². The van der Waals surface area contributed by atoms with Crippen LogP contribution in [0.15, 0.2) is 24.3 Å². The number of hydrogen-bond acceptors (Lipinski definition) is 5. The normalized spacial score (nSPS) is 17.5. The van der Waals surface area contributed by atoms with Crippen LogP contribution >= 0.6 is 11.8 Å². The van der Waals surface area contributed by atoms with Crippen LogP contribution in [0, 0.1) is 0 Å². The van der Waals surface area contributed by atoms with E-state index >= 15 is 0 Å². The fraction of sp³-hybridized carbons (Fsp3) is 0.438. The summed E-state index contributed by atoms with van der Waals surface area (Å²) in [5, 5.41) is 14.0. The van der Waals surface area contributed by atoms with Gasteiger partial charge in [0.15, 0.2) is 5.82 Å². The molecule has 3 rings (SSSR count). The fourth-order valence-corrected chi connectivity index (χ4v) is 3.07. The van der Waals surface area contributed by atoms with Crippen molar-refractivity contribution < 1.29 is 14.6 Å². The summed E-state index contributed by atoms with van der Waals surface area (Å²) in [4.78, 5) is 16.2. The summed E-state index contributed by atoms with van der Waals surface area (Å²) in [5.41, 5.74) is 0.791. The number of benzene rings is 1. The molecule has 2 aromatic rings. The van der Waals surface area contributed by atoms with Gasteiger partial charge in [-0.2, -0.15) is 16.9 Å². The molecule has 1 aromatic carbocycles. The van der Waals surface area contributed by atoms with Crippen LogP contribution in [0.25, 0.3) is 5.69 Å². The molecule has 2 heterocycles. The van der Waals surface area contributed by atoms with Gasteiger partial charge in [-0.1, -0.05) is 12.1 Å². The van der Waals surface area contributed by atoms with E-state index in [0.717, 1.165) is 30.2 Å². The molecule has 1 atom stereocenters. The standard InChI is InChI=1S/C16H19N3O3S/c1-23-9-7-14-17-15(11-6-8-22-10-11)19(18-14)13-5-3-2-4-12(13)16(20)21/h2-5,11H,6-10H2,1H3,(H,20,21)/t11-/m1/s1. The highest BCUT2D eigenvalue weighted by atomic mass is 32.2. The molecule has 6 nitrogen and oxygen atoms in total. The van der Waals surface area contributed by atoms with Crippen LogP contribution in [0.2, 0.25) is 0 Å². The average Bonchev–Trinajstić information content (AvgIpc) is 3.22. The molecular formula is C16H19N3O3S. The number of thioether (sulfide) groups is 1. The zero-order valence-electron chi connectivity index (χ0n) is 12.9. The minimum atomic E-state index is -0.963. The third kappa shape index (κ3) is 3.40. The largest absolute Gasteiger partial charge is 0.478 e. The molecule has 122 valence electrons. The fourth-order valence-electron chi connectivity index (χ4n) is 2.69. The maximum Gasteiger partial charge on any atom is 0.337 e. The van der Waals surface area contributed by atoms with Crippen LogP contribution in [-0.4, -0.2) is 51.1 Å². The topological polar surface area (TPSA) is 77.2 Å². The molecule has 0 saturated carbocycles. The summed E-state index contributed by atoms with van der Waals surface area (Å²) in [7, 11) is 0. The van der Waals surface area contributed by atoms with E-state index in [1.165, 1.54) is 0 Å². The van der Waals surface area contributed by atoms with Crippen molar-refractivity contribution in [3.63, 3.8) is 0 Å². The van der Waals surface area contributed by atoms with Crippen molar-refractivity contribution in [3.05, 3.63) is 41.5 Å². The summed E-state index contributed by atoms with van der Waals surface area (Å²) in [5.74, 6) is 1.68. The first-order chi connectivity index (χ1) is 11.2. The Morgan fingerprint density at radius 3 is 3.00 bits per heavy atom. The number of nitrogens with zero attached hydrogens (tertiary/aromatic N) is 3. The smallest absolute Gasteiger partial charge is 0.337 e. The highest BCUT2D eigenvalue weighted by Gasteiger charge is 2.26. The summed E-state index contributed by atoms with van der Waals surface area (Å²) in [6.45, 7) is 1.31. The SMILES string of the molecule is CSCCc1nc([C@@H]2CCOC2)n(-c2ccccc2C(=O)O)n1. The number of aryl methyl sites for hydroxylation is 1. The Hall–Kier alpha value is -1.86. The minimum absolute atomic E-state index is 0.160. The van der Waals surface area contributed by atoms with E-state index in [9.17, 15) is 9.90 Å². The first kappa shape index (κ1) is 16.0. The molecule has 1 saturated heterocycles. The monoisotopic (exact) mass is 333 g/mol. The Labute approximate surface area is 138 Å². The third-order valence-electron chi connectivity index (χ3n) is 3.86. The maximum atomic E-state index is 11.5. The number of para-hydroxylation sites is 1. The van der Waals surface area contributed by atoms with E-state index in [1.807, 2.05) is 12.3 Å². The molecule has 1 fully saturated rings. The summed E-state index contributed by atoms with van der Waals surface area (Å²) in [6.07, 6.45) is 3.70. The maximum absolute atomic E-state index is 11.5. The van der Waals surface area contributed by atoms with Crippen molar-refractivity contribution >= 4 is 17.7 Å². The molecule has 1 aliphatic heterocycles. The van der Waals surface area contributed by atoms with E-state index in [1.54, 1.807) is 34.6 Å². The molecule has 23 heavy (non-hydrogen) atoms. The summed E-state index contributed by atoms with van der Waals surface area (Å²) in [6, 6.07) is 6.91. The Morgan fingerprint density at radius 2 is 2.30 bits per heavy atom. The second-order valence-electron chi connectivity index (χ2n) is 5.42. The van der Waals surface area contributed by atoms with Gasteiger partial charge in [0.25, 0.3) is 0 Å². The van der Waals surface area contributed by atoms with E-state index in [-0.39, 0.29) is 11.5 Å². The van der Waals surface area contributed by atoms with E-state index in [0.29, 0.717) is 18.9 Å². The van der Waals surface area contributed by atoms with Gasteiger partial charge in [0.05, 0.1) is 17.9 Å². The lowest BCUT2D eigenvalue weighted by molar-refractivity contribution is 0.0696. The molecule has 1 aromatic heterocycles. The van der Waals surface area contributed by atoms with Gasteiger partial charge in [0.1, 0.15) is 5.82 Å². The van der Waals surface area contributed by atoms with Crippen LogP contribution in [-0.2, 0) is 11.2 Å². The lowest BCUT2D eigenvalue weighted by Crippen LogP contribution is -2.12. The van der Waals surface area contributed by atoms with Crippen molar-refractivity contribution in [3.8, 4) is 5.69 Å². The zero-order chi connectivity index (χ0) is 16.2. The van der Waals surface area contributed by atoms with Gasteiger partial charge < -0.3 is 9.84 Å². The van der Waals surface area contributed by atoms with Gasteiger partial charge in [0.2, 0.25) is 0 Å². The van der Waals surface area contributed by atoms with Gasteiger partial charge >= 0.3 is 5.97 Å². The highest BCUT2D eigenvalue weighted by Crippen LogP contribution is 2.27. The van der Waals surface area contributed by atoms with Gasteiger partial charge in [-0.05, 0) is 24.8 Å². The number of aromatic nitrogens is 3. The predicted molar refractivity (Wildman–Crippen MR) is 88.6 cm³/mol. The van der Waals surface area contributed by atoms with Crippen LogP contribution in [0.1, 0.15) is 34.3 Å². The zero-order valence-corrected chi connectivity index (χ0v) is 13.8. The van der Waals surface area contributed by atoms with Crippen molar-refractivity contribution in [2.75, 3.05) is 25.2 Å². The molecule has 0 radical (unpaired) electrons. The molecule has 1 N–H and O–H groups in total. The Balaban J connectivity index is 2.06. The van der Waals surface area contributed by atoms with Gasteiger partial charge in [0, 0.05) is 24.7 Å². The second-order valence-corrected chi connectivity index (χ2v) is 6.41. The van der Waals surface area contributed by atoms with Crippen LogP contribution in [0.3, 0.4) is 0 Å². The minimum Gasteiger partial charge on any atom is -0.478 e. The molecule has 0 amide bonds. The number of hydrogen-bond donors (Lipinski definition) is 1. The summed E-state index contributed by atoms with van der Waals surface area (Å²) < 4.78 is 7.16. The first-order valence-corrected chi connectivity index (χ1v) is 8.95. The van der Waals surface area contributed by atoms with Crippen molar-refractivity contribution in [2.45, 2.75) is 18.8 Å². The number of ether oxygens (including phenoxy) is 1. The van der Waals surface area contributed by atoms with E-state index < -0.39 is 5.97 Å². The number of aromatic carboxylic acids is 1. The molecular weight excluding hydrogens is 314 g/mol. The Bertz CT molecular complexity index is 696. The average molecular weight is 333 g/mol. The molecule has 1 aliphatic rings. The molecule has 0 spiro atoms. The van der Waals surface area contributed by atoms with Crippen molar-refractivity contribution in [2.24, 2.45) is 0 Å². The molecule has 0 unspecified atom stereocenters. The van der Waals surface area contributed by atoms with Crippen LogP contribution < -0.4 is 0 Å². The molecule has 0 aliphatic carbocycles. The Kier molecular flexibility index (Phi) is 4.97. The number of carbonyl (C=O) groups is 1. The van der Waals surface area contributed by atoms with E-state index in [2.05, 4.69) is 10.1 Å². The third-order valence-corrected chi connectivity index (χ3v) is 4.48. The number of carboxylic acids is 1. The number of carboxylic acid groups (broad SMARTS) is 1. The quantitative estimate of drug-likeness (QED) is 0.874. The second kappa shape index (κ2) is 7.14. The summed E-state index contributed by atoms with van der Waals surface area (Å²) >= 11 is 1.74. The lowest BCUT2D eigenvalue weighted by atomic mass is 10.1. The highest BCUT2D eigenvalue weighted by molar-refractivity contribution is 7.98. The molecule has 0 bridgehead atoms.